The average molecular weight is 426 g/mol. The number of pyridine rings is 1. The Morgan fingerprint density at radius 1 is 1.00 bits per heavy atom. The normalized spacial score (nSPS) is 17.5. The van der Waals surface area contributed by atoms with Crippen molar-refractivity contribution in [2.45, 2.75) is 58.3 Å². The van der Waals surface area contributed by atoms with E-state index in [0.717, 1.165) is 25.0 Å². The lowest BCUT2D eigenvalue weighted by atomic mass is 9.84. The molecule has 164 valence electrons. The number of rotatable bonds is 4. The van der Waals surface area contributed by atoms with E-state index in [1.54, 1.807) is 0 Å². The van der Waals surface area contributed by atoms with Gasteiger partial charge in [0.2, 0.25) is 12.3 Å². The van der Waals surface area contributed by atoms with Crippen molar-refractivity contribution in [3.05, 3.63) is 48.2 Å². The lowest BCUT2D eigenvalue weighted by Crippen LogP contribution is -2.25. The summed E-state index contributed by atoms with van der Waals surface area (Å²) in [5, 5.41) is 2.35. The molecule has 2 aliphatic rings. The fraction of sp³-hybridized carbons (Fsp3) is 0.455. The summed E-state index contributed by atoms with van der Waals surface area (Å²) in [6, 6.07) is 5.99. The maximum absolute atomic E-state index is 13.3. The molecule has 0 unspecified atom stereocenters. The highest BCUT2D eigenvalue weighted by atomic mass is 19.3. The lowest BCUT2D eigenvalue weighted by molar-refractivity contribution is -0.105. The van der Waals surface area contributed by atoms with Crippen molar-refractivity contribution in [3.63, 3.8) is 0 Å². The molecular weight excluding hydrogens is 400 g/mol. The summed E-state index contributed by atoms with van der Waals surface area (Å²) in [5.74, 6) is -3.29. The summed E-state index contributed by atoms with van der Waals surface area (Å²) in [5.41, 5.74) is 0.404. The Balaban J connectivity index is 0.000000224. The van der Waals surface area contributed by atoms with Gasteiger partial charge in [-0.1, -0.05) is 13.8 Å². The van der Waals surface area contributed by atoms with Crippen LogP contribution >= 0.6 is 0 Å². The number of anilines is 1. The van der Waals surface area contributed by atoms with Gasteiger partial charge < -0.3 is 10.1 Å². The van der Waals surface area contributed by atoms with E-state index >= 15 is 0 Å². The smallest absolute Gasteiger partial charge is 0.248 e. The Hall–Kier alpha value is -2.64. The molecule has 0 saturated heterocycles. The highest BCUT2D eigenvalue weighted by molar-refractivity contribution is 5.68. The minimum Gasteiger partial charge on any atom is -0.453 e. The first kappa shape index (κ1) is 23.6. The monoisotopic (exact) mass is 426 g/mol. The van der Waals surface area contributed by atoms with Crippen molar-refractivity contribution >= 4 is 12.2 Å². The van der Waals surface area contributed by atoms with Gasteiger partial charge in [0.1, 0.15) is 17.4 Å². The number of hydrogen-bond acceptors (Lipinski definition) is 3. The zero-order valence-corrected chi connectivity index (χ0v) is 17.1. The Labute approximate surface area is 173 Å². The molecule has 0 bridgehead atoms. The molecule has 1 spiro atoms. The second-order valence-electron chi connectivity index (χ2n) is 7.17. The Morgan fingerprint density at radius 3 is 2.13 bits per heavy atom. The first-order valence-electron chi connectivity index (χ1n) is 9.98. The third-order valence-corrected chi connectivity index (χ3v) is 5.06. The average Bonchev–Trinajstić information content (AvgIpc) is 3.50. The topological polar surface area (TPSA) is 51.2 Å². The molecule has 1 heterocycles. The Kier molecular flexibility index (Phi) is 8.20. The fourth-order valence-corrected chi connectivity index (χ4v) is 3.09. The first-order valence-corrected chi connectivity index (χ1v) is 9.98. The number of benzene rings is 1. The van der Waals surface area contributed by atoms with Crippen molar-refractivity contribution in [3.8, 4) is 11.5 Å². The van der Waals surface area contributed by atoms with Gasteiger partial charge in [0.25, 0.3) is 0 Å². The molecule has 1 N–H and O–H groups in total. The molecule has 1 amide bonds. The summed E-state index contributed by atoms with van der Waals surface area (Å²) in [4.78, 5) is 14.0. The summed E-state index contributed by atoms with van der Waals surface area (Å²) >= 11 is 0. The van der Waals surface area contributed by atoms with Crippen LogP contribution in [-0.4, -0.2) is 17.3 Å². The van der Waals surface area contributed by atoms with Crippen LogP contribution in [0.25, 0.3) is 0 Å². The predicted molar refractivity (Wildman–Crippen MR) is 107 cm³/mol. The molecule has 1 aromatic carbocycles. The van der Waals surface area contributed by atoms with Crippen LogP contribution in [0.3, 0.4) is 0 Å². The number of alkyl halides is 2. The number of halogens is 4. The molecule has 0 radical (unpaired) electrons. The second kappa shape index (κ2) is 10.4. The van der Waals surface area contributed by atoms with E-state index in [1.807, 2.05) is 13.8 Å². The zero-order valence-electron chi connectivity index (χ0n) is 17.1. The highest BCUT2D eigenvalue weighted by Gasteiger charge is 2.49. The first-order chi connectivity index (χ1) is 14.3. The minimum atomic E-state index is -2.33. The van der Waals surface area contributed by atoms with E-state index in [1.165, 1.54) is 37.2 Å². The second-order valence-corrected chi connectivity index (χ2v) is 7.17. The fourth-order valence-electron chi connectivity index (χ4n) is 3.09. The van der Waals surface area contributed by atoms with Crippen molar-refractivity contribution < 1.29 is 27.1 Å². The molecule has 2 aliphatic carbocycles. The molecule has 4 rings (SSSR count). The van der Waals surface area contributed by atoms with Gasteiger partial charge in [-0.2, -0.15) is 0 Å². The summed E-state index contributed by atoms with van der Waals surface area (Å²) in [6.07, 6.45) is 6.07. The third-order valence-electron chi connectivity index (χ3n) is 5.06. The molecule has 30 heavy (non-hydrogen) atoms. The van der Waals surface area contributed by atoms with Gasteiger partial charge >= 0.3 is 0 Å². The van der Waals surface area contributed by atoms with Crippen LogP contribution in [0, 0.1) is 17.0 Å². The maximum Gasteiger partial charge on any atom is 0.248 e. The van der Waals surface area contributed by atoms with Crippen LogP contribution in [-0.2, 0) is 4.79 Å². The van der Waals surface area contributed by atoms with Gasteiger partial charge in [-0.15, -0.1) is 0 Å². The Bertz CT molecular complexity index is 806. The van der Waals surface area contributed by atoms with E-state index in [0.29, 0.717) is 17.6 Å². The van der Waals surface area contributed by atoms with Gasteiger partial charge in [-0.05, 0) is 55.4 Å². The van der Waals surface area contributed by atoms with E-state index in [4.69, 9.17) is 4.74 Å². The summed E-state index contributed by atoms with van der Waals surface area (Å²) < 4.78 is 56.3. The third kappa shape index (κ3) is 7.00. The minimum absolute atomic E-state index is 0.103. The zero-order chi connectivity index (χ0) is 22.2. The summed E-state index contributed by atoms with van der Waals surface area (Å²) in [6.45, 7) is 4.00. The van der Waals surface area contributed by atoms with Gasteiger partial charge in [-0.25, -0.2) is 22.5 Å². The van der Waals surface area contributed by atoms with Crippen molar-refractivity contribution in [1.82, 2.24) is 4.98 Å². The van der Waals surface area contributed by atoms with Gasteiger partial charge in [0.05, 0.1) is 6.20 Å². The summed E-state index contributed by atoms with van der Waals surface area (Å²) in [7, 11) is 0. The molecular formula is C22H26F4N2O2. The van der Waals surface area contributed by atoms with Crippen LogP contribution in [0.1, 0.15) is 52.4 Å². The molecule has 2 aromatic rings. The number of aromatic nitrogens is 1. The number of carbonyl (C=O) groups is 1. The van der Waals surface area contributed by atoms with Gasteiger partial charge in [0.15, 0.2) is 11.6 Å². The Morgan fingerprint density at radius 2 is 1.63 bits per heavy atom. The van der Waals surface area contributed by atoms with Crippen LogP contribution < -0.4 is 10.1 Å². The van der Waals surface area contributed by atoms with Crippen molar-refractivity contribution in [2.75, 3.05) is 5.32 Å². The number of nitrogens with one attached hydrogen (secondary N) is 1. The molecule has 0 atom stereocenters. The maximum atomic E-state index is 13.3. The van der Waals surface area contributed by atoms with Gasteiger partial charge in [0, 0.05) is 18.9 Å². The quantitative estimate of drug-likeness (QED) is 0.436. The molecule has 2 fully saturated rings. The van der Waals surface area contributed by atoms with Crippen LogP contribution in [0.5, 0.6) is 11.5 Å². The standard InChI is InChI=1S/C12H8F2N2O2.C8H12F2.C2H6/c13-8-1-3-11(10(14)5-8)18-9-2-4-12(15-6-9)16-7-17;9-8(10)5-3-7(1-2-7)4-6-8;1-2/h1-7H,(H,15,16,17);1-6H2;1-2H3. The van der Waals surface area contributed by atoms with Crippen LogP contribution in [0.15, 0.2) is 36.5 Å². The van der Waals surface area contributed by atoms with Crippen molar-refractivity contribution in [2.24, 2.45) is 5.41 Å². The van der Waals surface area contributed by atoms with Crippen LogP contribution in [0.2, 0.25) is 0 Å². The number of ether oxygens (including phenoxy) is 1. The van der Waals surface area contributed by atoms with Gasteiger partial charge in [-0.3, -0.25) is 4.79 Å². The number of amides is 1. The number of nitrogens with zero attached hydrogens (tertiary/aromatic N) is 1. The molecule has 0 aliphatic heterocycles. The van der Waals surface area contributed by atoms with Crippen molar-refractivity contribution in [1.29, 1.82) is 0 Å². The number of carbonyl (C=O) groups excluding carboxylic acids is 1. The van der Waals surface area contributed by atoms with Crippen LogP contribution in [0.4, 0.5) is 23.4 Å². The molecule has 2 saturated carbocycles. The highest BCUT2D eigenvalue weighted by Crippen LogP contribution is 2.58. The number of hydrogen-bond donors (Lipinski definition) is 1. The predicted octanol–water partition coefficient (Wildman–Crippen LogP) is 6.72. The lowest BCUT2D eigenvalue weighted by Gasteiger charge is -2.27. The molecule has 1 aromatic heterocycles. The van der Waals surface area contributed by atoms with E-state index in [9.17, 15) is 22.4 Å². The van der Waals surface area contributed by atoms with E-state index in [2.05, 4.69) is 10.3 Å². The van der Waals surface area contributed by atoms with E-state index < -0.39 is 17.6 Å². The largest absolute Gasteiger partial charge is 0.453 e. The molecule has 8 heteroatoms. The SMILES string of the molecule is CC.FC1(F)CCC2(CC1)CC2.O=CNc1ccc(Oc2ccc(F)cc2F)cn1. The molecule has 4 nitrogen and oxygen atoms in total. The van der Waals surface area contributed by atoms with E-state index in [-0.39, 0.29) is 24.3 Å².